The topological polar surface area (TPSA) is 40.5 Å². The molecule has 0 aliphatic carbocycles. The van der Waals surface area contributed by atoms with Crippen molar-refractivity contribution >= 4 is 5.91 Å². The van der Waals surface area contributed by atoms with Crippen LogP contribution in [-0.4, -0.2) is 35.6 Å². The van der Waals surface area contributed by atoms with Crippen LogP contribution in [0.25, 0.3) is 0 Å². The van der Waals surface area contributed by atoms with Crippen LogP contribution in [0.15, 0.2) is 0 Å². The maximum atomic E-state index is 11.1. The van der Waals surface area contributed by atoms with Crippen molar-refractivity contribution in [2.45, 2.75) is 33.1 Å². The molecule has 3 nitrogen and oxygen atoms in total. The molecule has 14 heavy (non-hydrogen) atoms. The van der Waals surface area contributed by atoms with Crippen molar-refractivity contribution in [2.75, 3.05) is 19.7 Å². The molecule has 2 unspecified atom stereocenters. The third kappa shape index (κ3) is 2.71. The van der Waals surface area contributed by atoms with Gasteiger partial charge in [0, 0.05) is 26.6 Å². The molecule has 1 N–H and O–H groups in total. The van der Waals surface area contributed by atoms with Crippen molar-refractivity contribution in [3.8, 4) is 0 Å². The largest absolute Gasteiger partial charge is 0.396 e. The second-order valence-electron chi connectivity index (χ2n) is 4.19. The monoisotopic (exact) mass is 199 g/mol. The summed E-state index contributed by atoms with van der Waals surface area (Å²) in [5, 5.41) is 8.92. The zero-order chi connectivity index (χ0) is 10.6. The van der Waals surface area contributed by atoms with E-state index < -0.39 is 0 Å². The number of carbonyl (C=O) groups is 1. The lowest BCUT2D eigenvalue weighted by Gasteiger charge is -2.21. The Kier molecular flexibility index (Phi) is 4.39. The predicted molar refractivity (Wildman–Crippen MR) is 55.8 cm³/mol. The highest BCUT2D eigenvalue weighted by molar-refractivity contribution is 5.73. The van der Waals surface area contributed by atoms with Gasteiger partial charge in [0.1, 0.15) is 0 Å². The van der Waals surface area contributed by atoms with Crippen molar-refractivity contribution in [3.63, 3.8) is 0 Å². The second kappa shape index (κ2) is 5.35. The molecule has 0 spiro atoms. The predicted octanol–water partition coefficient (Wildman–Crippen LogP) is 1.26. The first kappa shape index (κ1) is 11.5. The van der Waals surface area contributed by atoms with Crippen molar-refractivity contribution < 1.29 is 9.90 Å². The summed E-state index contributed by atoms with van der Waals surface area (Å²) < 4.78 is 0. The average molecular weight is 199 g/mol. The van der Waals surface area contributed by atoms with Gasteiger partial charge in [-0.25, -0.2) is 0 Å². The number of carbonyl (C=O) groups excluding carboxylic acids is 1. The third-order valence-electron chi connectivity index (χ3n) is 3.36. The van der Waals surface area contributed by atoms with Crippen LogP contribution < -0.4 is 0 Å². The lowest BCUT2D eigenvalue weighted by Crippen LogP contribution is -2.27. The number of hydrogen-bond donors (Lipinski definition) is 1. The molecular weight excluding hydrogens is 178 g/mol. The maximum absolute atomic E-state index is 11.1. The minimum atomic E-state index is 0.186. The molecule has 1 heterocycles. The lowest BCUT2D eigenvalue weighted by atomic mass is 9.87. The highest BCUT2D eigenvalue weighted by Gasteiger charge is 2.29. The summed E-state index contributed by atoms with van der Waals surface area (Å²) in [5.41, 5.74) is 0. The Balaban J connectivity index is 2.42. The molecule has 2 atom stereocenters. The van der Waals surface area contributed by atoms with Crippen LogP contribution >= 0.6 is 0 Å². The molecule has 1 saturated heterocycles. The van der Waals surface area contributed by atoms with Crippen LogP contribution in [0.5, 0.6) is 0 Å². The van der Waals surface area contributed by atoms with Gasteiger partial charge in [-0.2, -0.15) is 0 Å². The van der Waals surface area contributed by atoms with Gasteiger partial charge in [-0.1, -0.05) is 13.3 Å². The first-order valence-electron chi connectivity index (χ1n) is 5.55. The Hall–Kier alpha value is -0.570. The van der Waals surface area contributed by atoms with E-state index in [1.54, 1.807) is 6.92 Å². The Morgan fingerprint density at radius 2 is 2.36 bits per heavy atom. The molecular formula is C11H21NO2. The summed E-state index contributed by atoms with van der Waals surface area (Å²) >= 11 is 0. The van der Waals surface area contributed by atoms with E-state index in [-0.39, 0.29) is 12.5 Å². The van der Waals surface area contributed by atoms with E-state index in [0.717, 1.165) is 32.4 Å². The van der Waals surface area contributed by atoms with E-state index in [1.165, 1.54) is 0 Å². The smallest absolute Gasteiger partial charge is 0.219 e. The summed E-state index contributed by atoms with van der Waals surface area (Å²) in [7, 11) is 0. The number of aliphatic hydroxyl groups is 1. The van der Waals surface area contributed by atoms with E-state index in [2.05, 4.69) is 6.92 Å². The Labute approximate surface area is 86.1 Å². The number of nitrogens with zero attached hydrogens (tertiary/aromatic N) is 1. The zero-order valence-electron chi connectivity index (χ0n) is 9.20. The lowest BCUT2D eigenvalue weighted by molar-refractivity contribution is -0.127. The van der Waals surface area contributed by atoms with Crippen LogP contribution in [0.2, 0.25) is 0 Å². The van der Waals surface area contributed by atoms with Gasteiger partial charge in [0.25, 0.3) is 0 Å². The van der Waals surface area contributed by atoms with E-state index in [1.807, 2.05) is 4.90 Å². The van der Waals surface area contributed by atoms with E-state index in [4.69, 9.17) is 5.11 Å². The minimum Gasteiger partial charge on any atom is -0.396 e. The van der Waals surface area contributed by atoms with Gasteiger partial charge in [0.2, 0.25) is 5.91 Å². The van der Waals surface area contributed by atoms with Gasteiger partial charge in [-0.3, -0.25) is 4.79 Å². The molecule has 0 radical (unpaired) electrons. The van der Waals surface area contributed by atoms with Crippen molar-refractivity contribution in [1.29, 1.82) is 0 Å². The highest BCUT2D eigenvalue weighted by atomic mass is 16.3. The normalized spacial score (nSPS) is 23.9. The fraction of sp³-hybridized carbons (Fsp3) is 0.909. The van der Waals surface area contributed by atoms with Gasteiger partial charge in [0.15, 0.2) is 0 Å². The molecule has 1 rings (SSSR count). The molecule has 82 valence electrons. The molecule has 3 heteroatoms. The Morgan fingerprint density at radius 1 is 1.64 bits per heavy atom. The zero-order valence-corrected chi connectivity index (χ0v) is 9.20. The van der Waals surface area contributed by atoms with Crippen LogP contribution in [0, 0.1) is 11.8 Å². The molecule has 0 aromatic rings. The van der Waals surface area contributed by atoms with Crippen LogP contribution in [0.4, 0.5) is 0 Å². The Bertz CT molecular complexity index is 194. The summed E-state index contributed by atoms with van der Waals surface area (Å²) in [5.74, 6) is 1.38. The van der Waals surface area contributed by atoms with Crippen LogP contribution in [0.1, 0.15) is 33.1 Å². The molecule has 1 amide bonds. The second-order valence-corrected chi connectivity index (χ2v) is 4.19. The van der Waals surface area contributed by atoms with E-state index in [0.29, 0.717) is 11.8 Å². The molecule has 1 fully saturated rings. The molecule has 1 aliphatic heterocycles. The fourth-order valence-corrected chi connectivity index (χ4v) is 2.40. The summed E-state index contributed by atoms with van der Waals surface area (Å²) in [6.07, 6.45) is 3.10. The first-order chi connectivity index (χ1) is 6.69. The minimum absolute atomic E-state index is 0.186. The standard InChI is InChI=1S/C11H21NO2/c1-3-10(5-7-13)11-4-6-12(8-11)9(2)14/h10-11,13H,3-8H2,1-2H3. The molecule has 0 saturated carbocycles. The van der Waals surface area contributed by atoms with Crippen LogP contribution in [0.3, 0.4) is 0 Å². The number of amides is 1. The molecule has 0 aromatic heterocycles. The number of rotatable bonds is 4. The van der Waals surface area contributed by atoms with Crippen molar-refractivity contribution in [2.24, 2.45) is 11.8 Å². The number of aliphatic hydroxyl groups excluding tert-OH is 1. The highest BCUT2D eigenvalue weighted by Crippen LogP contribution is 2.28. The van der Waals surface area contributed by atoms with Gasteiger partial charge in [0.05, 0.1) is 0 Å². The first-order valence-corrected chi connectivity index (χ1v) is 5.55. The molecule has 0 bridgehead atoms. The molecule has 0 aromatic carbocycles. The maximum Gasteiger partial charge on any atom is 0.219 e. The fourth-order valence-electron chi connectivity index (χ4n) is 2.40. The quantitative estimate of drug-likeness (QED) is 0.740. The summed E-state index contributed by atoms with van der Waals surface area (Å²) in [4.78, 5) is 13.1. The number of hydrogen-bond acceptors (Lipinski definition) is 2. The SMILES string of the molecule is CCC(CCO)C1CCN(C(C)=O)C1. The average Bonchev–Trinajstić information content (AvgIpc) is 2.63. The van der Waals surface area contributed by atoms with Crippen molar-refractivity contribution in [1.82, 2.24) is 4.90 Å². The van der Waals surface area contributed by atoms with E-state index >= 15 is 0 Å². The van der Waals surface area contributed by atoms with Gasteiger partial charge in [-0.15, -0.1) is 0 Å². The van der Waals surface area contributed by atoms with E-state index in [9.17, 15) is 4.79 Å². The van der Waals surface area contributed by atoms with Gasteiger partial charge >= 0.3 is 0 Å². The van der Waals surface area contributed by atoms with Crippen molar-refractivity contribution in [3.05, 3.63) is 0 Å². The summed E-state index contributed by atoms with van der Waals surface area (Å²) in [6, 6.07) is 0. The Morgan fingerprint density at radius 3 is 2.79 bits per heavy atom. The van der Waals surface area contributed by atoms with Gasteiger partial charge < -0.3 is 10.0 Å². The van der Waals surface area contributed by atoms with Gasteiger partial charge in [-0.05, 0) is 24.7 Å². The number of likely N-dealkylation sites (tertiary alicyclic amines) is 1. The molecule has 1 aliphatic rings. The summed E-state index contributed by atoms with van der Waals surface area (Å²) in [6.45, 7) is 5.87. The third-order valence-corrected chi connectivity index (χ3v) is 3.36. The van der Waals surface area contributed by atoms with Crippen LogP contribution in [-0.2, 0) is 4.79 Å².